The Hall–Kier alpha value is -0.590. The van der Waals surface area contributed by atoms with Crippen molar-refractivity contribution in [3.05, 3.63) is 23.6 Å². The second kappa shape index (κ2) is 10.4. The van der Waals surface area contributed by atoms with Gasteiger partial charge < -0.3 is 0 Å². The van der Waals surface area contributed by atoms with Gasteiger partial charge in [0, 0.05) is 0 Å². The van der Waals surface area contributed by atoms with Crippen LogP contribution in [0.15, 0.2) is 23.6 Å². The molecule has 0 aromatic heterocycles. The van der Waals surface area contributed by atoms with Gasteiger partial charge in [0.15, 0.2) is 0 Å². The van der Waals surface area contributed by atoms with Crippen molar-refractivity contribution in [1.82, 2.24) is 0 Å². The summed E-state index contributed by atoms with van der Waals surface area (Å²) in [7, 11) is 0. The van der Waals surface area contributed by atoms with Gasteiger partial charge in [-0.2, -0.15) is 0 Å². The smallest absolute Gasteiger partial charge is 0.0968 e. The van der Waals surface area contributed by atoms with Crippen LogP contribution in [0.25, 0.3) is 0 Å². The van der Waals surface area contributed by atoms with Crippen LogP contribution in [0.4, 0.5) is 4.39 Å². The Morgan fingerprint density at radius 3 is 2.00 bits per heavy atom. The van der Waals surface area contributed by atoms with Crippen LogP contribution in [0, 0.1) is 0 Å². The van der Waals surface area contributed by atoms with Gasteiger partial charge in [0.1, 0.15) is 0 Å². The Morgan fingerprint density at radius 1 is 1.17 bits per heavy atom. The summed E-state index contributed by atoms with van der Waals surface area (Å²) in [5, 5.41) is 0. The Morgan fingerprint density at radius 2 is 1.67 bits per heavy atom. The first-order chi connectivity index (χ1) is 5.66. The first-order valence-corrected chi connectivity index (χ1v) is 4.66. The number of halogens is 1. The molecule has 0 aromatic rings. The zero-order valence-corrected chi connectivity index (χ0v) is 8.95. The second-order valence-corrected chi connectivity index (χ2v) is 2.52. The molecular weight excluding hydrogens is 151 g/mol. The van der Waals surface area contributed by atoms with Crippen LogP contribution in [0.2, 0.25) is 0 Å². The lowest BCUT2D eigenvalue weighted by molar-refractivity contribution is 0.640. The zero-order valence-electron chi connectivity index (χ0n) is 8.95. The lowest BCUT2D eigenvalue weighted by atomic mass is 10.1. The van der Waals surface area contributed by atoms with Crippen molar-refractivity contribution < 1.29 is 4.39 Å². The zero-order chi connectivity index (χ0) is 9.98. The molecule has 0 saturated carbocycles. The van der Waals surface area contributed by atoms with Crippen LogP contribution < -0.4 is 0 Å². The number of hydrogen-bond acceptors (Lipinski definition) is 0. The Labute approximate surface area is 76.2 Å². The molecule has 0 radical (unpaired) electrons. The largest absolute Gasteiger partial charge is 0.212 e. The summed E-state index contributed by atoms with van der Waals surface area (Å²) in [6, 6.07) is 0. The monoisotopic (exact) mass is 172 g/mol. The predicted molar refractivity (Wildman–Crippen MR) is 54.9 cm³/mol. The van der Waals surface area contributed by atoms with Crippen molar-refractivity contribution in [3.63, 3.8) is 0 Å². The van der Waals surface area contributed by atoms with Gasteiger partial charge in [-0.1, -0.05) is 38.8 Å². The summed E-state index contributed by atoms with van der Waals surface area (Å²) < 4.78 is 12.1. The molecular formula is C11H21F. The van der Waals surface area contributed by atoms with Gasteiger partial charge in [-0.05, 0) is 26.3 Å². The van der Waals surface area contributed by atoms with E-state index in [-0.39, 0.29) is 5.83 Å². The van der Waals surface area contributed by atoms with E-state index < -0.39 is 0 Å². The molecule has 0 heterocycles. The summed E-state index contributed by atoms with van der Waals surface area (Å²) in [6.07, 6.45) is 5.52. The second-order valence-electron chi connectivity index (χ2n) is 2.52. The molecule has 1 heteroatoms. The molecule has 0 saturated heterocycles. The normalized spacial score (nSPS) is 12.2. The van der Waals surface area contributed by atoms with Gasteiger partial charge in [-0.25, -0.2) is 4.39 Å². The minimum Gasteiger partial charge on any atom is -0.212 e. The van der Waals surface area contributed by atoms with Crippen LogP contribution in [0.1, 0.15) is 47.5 Å². The van der Waals surface area contributed by atoms with Crippen LogP contribution >= 0.6 is 0 Å². The first-order valence-electron chi connectivity index (χ1n) is 4.66. The summed E-state index contributed by atoms with van der Waals surface area (Å²) in [5.41, 5.74) is 1.24. The molecule has 0 aromatic carbocycles. The molecule has 0 spiro atoms. The minimum absolute atomic E-state index is 0.129. The Bertz CT molecular complexity index is 139. The van der Waals surface area contributed by atoms with Crippen molar-refractivity contribution in [3.8, 4) is 0 Å². The number of rotatable bonds is 3. The van der Waals surface area contributed by atoms with E-state index >= 15 is 0 Å². The molecule has 72 valence electrons. The average Bonchev–Trinajstić information content (AvgIpc) is 2.05. The van der Waals surface area contributed by atoms with E-state index in [1.165, 1.54) is 18.6 Å². The maximum atomic E-state index is 12.1. The fourth-order valence-corrected chi connectivity index (χ4v) is 0.735. The molecule has 0 fully saturated rings. The Balaban J connectivity index is 0. The molecule has 0 rings (SSSR count). The SMILES string of the molecule is CC.CCC/C(C)=C/C=C(\C)F. The third kappa shape index (κ3) is 12.1. The van der Waals surface area contributed by atoms with E-state index in [4.69, 9.17) is 0 Å². The predicted octanol–water partition coefficient (Wildman–Crippen LogP) is 4.63. The van der Waals surface area contributed by atoms with Crippen molar-refractivity contribution in [2.24, 2.45) is 0 Å². The highest BCUT2D eigenvalue weighted by atomic mass is 19.1. The average molecular weight is 172 g/mol. The minimum atomic E-state index is -0.129. The molecule has 0 bridgehead atoms. The van der Waals surface area contributed by atoms with Gasteiger partial charge in [0.25, 0.3) is 0 Å². The van der Waals surface area contributed by atoms with Crippen LogP contribution in [0.5, 0.6) is 0 Å². The molecule has 0 atom stereocenters. The van der Waals surface area contributed by atoms with Crippen LogP contribution in [0.3, 0.4) is 0 Å². The van der Waals surface area contributed by atoms with Gasteiger partial charge >= 0.3 is 0 Å². The molecule has 0 aliphatic carbocycles. The molecule has 0 unspecified atom stereocenters. The molecule has 0 N–H and O–H groups in total. The van der Waals surface area contributed by atoms with E-state index in [0.717, 1.165) is 12.8 Å². The molecule has 12 heavy (non-hydrogen) atoms. The molecule has 0 aliphatic rings. The first kappa shape index (κ1) is 14.0. The number of hydrogen-bond donors (Lipinski definition) is 0. The number of allylic oxidation sites excluding steroid dienone is 4. The highest BCUT2D eigenvalue weighted by Gasteiger charge is 1.84. The van der Waals surface area contributed by atoms with Crippen molar-refractivity contribution in [2.45, 2.75) is 47.5 Å². The third-order valence-electron chi connectivity index (χ3n) is 1.24. The fourth-order valence-electron chi connectivity index (χ4n) is 0.735. The summed E-state index contributed by atoms with van der Waals surface area (Å²) in [4.78, 5) is 0. The van der Waals surface area contributed by atoms with Gasteiger partial charge in [0.05, 0.1) is 5.83 Å². The van der Waals surface area contributed by atoms with Gasteiger partial charge in [0.2, 0.25) is 0 Å². The standard InChI is InChI=1S/C9H15F.C2H6/c1-4-5-8(2)6-7-9(3)10;1-2/h6-7H,4-5H2,1-3H3;1-2H3/b8-6+,9-7+;. The maximum absolute atomic E-state index is 12.1. The molecule has 0 nitrogen and oxygen atoms in total. The quantitative estimate of drug-likeness (QED) is 0.544. The molecule has 0 aliphatic heterocycles. The van der Waals surface area contributed by atoms with Crippen LogP contribution in [-0.4, -0.2) is 0 Å². The maximum Gasteiger partial charge on any atom is 0.0968 e. The van der Waals surface area contributed by atoms with E-state index in [2.05, 4.69) is 6.92 Å². The third-order valence-corrected chi connectivity index (χ3v) is 1.24. The van der Waals surface area contributed by atoms with Gasteiger partial charge in [-0.15, -0.1) is 0 Å². The van der Waals surface area contributed by atoms with Crippen molar-refractivity contribution in [2.75, 3.05) is 0 Å². The lowest BCUT2D eigenvalue weighted by Crippen LogP contribution is -1.72. The molecule has 0 amide bonds. The van der Waals surface area contributed by atoms with E-state index in [1.807, 2.05) is 26.8 Å². The summed E-state index contributed by atoms with van der Waals surface area (Å²) in [6.45, 7) is 9.59. The highest BCUT2D eigenvalue weighted by molar-refractivity contribution is 5.11. The lowest BCUT2D eigenvalue weighted by Gasteiger charge is -1.92. The van der Waals surface area contributed by atoms with E-state index in [9.17, 15) is 4.39 Å². The van der Waals surface area contributed by atoms with Crippen molar-refractivity contribution >= 4 is 0 Å². The van der Waals surface area contributed by atoms with Crippen molar-refractivity contribution in [1.29, 1.82) is 0 Å². The summed E-state index contributed by atoms with van der Waals surface area (Å²) in [5.74, 6) is -0.129. The Kier molecular flexibility index (Phi) is 12.1. The van der Waals surface area contributed by atoms with Gasteiger partial charge in [-0.3, -0.25) is 0 Å². The highest BCUT2D eigenvalue weighted by Crippen LogP contribution is 2.04. The summed E-state index contributed by atoms with van der Waals surface area (Å²) >= 11 is 0. The topological polar surface area (TPSA) is 0 Å². The van der Waals surface area contributed by atoms with Crippen LogP contribution in [-0.2, 0) is 0 Å². The van der Waals surface area contributed by atoms with E-state index in [1.54, 1.807) is 0 Å². The van der Waals surface area contributed by atoms with E-state index in [0.29, 0.717) is 0 Å². The fraction of sp³-hybridized carbons (Fsp3) is 0.636.